The lowest BCUT2D eigenvalue weighted by Gasteiger charge is -1.82. The van der Waals surface area contributed by atoms with E-state index in [4.69, 9.17) is 20.4 Å². The van der Waals surface area contributed by atoms with Crippen molar-refractivity contribution in [3.63, 3.8) is 0 Å². The Morgan fingerprint density at radius 3 is 0.500 bits per heavy atom. The Balaban J connectivity index is 0.000000363. The van der Waals surface area contributed by atoms with Crippen LogP contribution >= 0.6 is 0 Å². The van der Waals surface area contributed by atoms with Crippen LogP contribution in [0.4, 0.5) is 0 Å². The normalized spacial score (nSPS) is 8.13. The van der Waals surface area contributed by atoms with Gasteiger partial charge < -0.3 is 20.4 Å². The fraction of sp³-hybridized carbons (Fsp3) is 0. The molecule has 0 aliphatic carbocycles. The number of hydrogen-bond acceptors (Lipinski definition) is 4. The molecule has 0 radical (unpaired) electrons. The van der Waals surface area contributed by atoms with Gasteiger partial charge in [-0.15, -0.1) is 13.2 Å². The first-order valence-corrected chi connectivity index (χ1v) is 9.04. The van der Waals surface area contributed by atoms with Crippen molar-refractivity contribution < 1.29 is 20.4 Å². The molecule has 0 heterocycles. The second-order valence-corrected chi connectivity index (χ2v) is 5.34. The first-order chi connectivity index (χ1) is 14.6. The third-order valence-electron chi connectivity index (χ3n) is 3.02. The van der Waals surface area contributed by atoms with Crippen LogP contribution in [0, 0.1) is 0 Å². The highest BCUT2D eigenvalue weighted by molar-refractivity contribution is 5.20. The second kappa shape index (κ2) is 18.2. The molecule has 0 spiro atoms. The highest BCUT2D eigenvalue weighted by atomic mass is 16.3. The average Bonchev–Trinajstić information content (AvgIpc) is 2.79. The summed E-state index contributed by atoms with van der Waals surface area (Å²) in [5, 5.41) is 34.5. The van der Waals surface area contributed by atoms with Gasteiger partial charge in [0.2, 0.25) is 0 Å². The quantitative estimate of drug-likeness (QED) is 0.257. The minimum atomic E-state index is 0.322. The number of hydrogen-bond donors (Lipinski definition) is 4. The summed E-state index contributed by atoms with van der Waals surface area (Å²) in [6, 6.07) is 34.9. The van der Waals surface area contributed by atoms with Crippen LogP contribution in [0.15, 0.2) is 134 Å². The lowest BCUT2D eigenvalue weighted by Crippen LogP contribution is -1.56. The Bertz CT molecular complexity index is 702. The zero-order valence-corrected chi connectivity index (χ0v) is 16.8. The summed E-state index contributed by atoms with van der Waals surface area (Å²) in [6.45, 7) is 6.00. The first kappa shape index (κ1) is 25.8. The predicted molar refractivity (Wildman–Crippen MR) is 124 cm³/mol. The maximum atomic E-state index is 8.63. The first-order valence-electron chi connectivity index (χ1n) is 9.04. The number of benzene rings is 4. The van der Waals surface area contributed by atoms with Crippen LogP contribution in [-0.4, -0.2) is 20.4 Å². The Kier molecular flexibility index (Phi) is 15.7. The molecule has 0 unspecified atom stereocenters. The van der Waals surface area contributed by atoms with Crippen LogP contribution in [-0.2, 0) is 0 Å². The fourth-order valence-electron chi connectivity index (χ4n) is 1.71. The molecule has 0 saturated heterocycles. The minimum absolute atomic E-state index is 0.322. The molecule has 4 nitrogen and oxygen atoms in total. The molecule has 4 aromatic carbocycles. The molecule has 4 N–H and O–H groups in total. The summed E-state index contributed by atoms with van der Waals surface area (Å²) in [4.78, 5) is 0. The lowest BCUT2D eigenvalue weighted by atomic mass is 10.3. The van der Waals surface area contributed by atoms with Crippen LogP contribution in [0.3, 0.4) is 0 Å². The number of phenols is 4. The molecule has 4 heteroatoms. The Morgan fingerprint density at radius 2 is 0.433 bits per heavy atom. The van der Waals surface area contributed by atoms with Gasteiger partial charge >= 0.3 is 0 Å². The summed E-state index contributed by atoms with van der Waals surface area (Å²) in [6.07, 6.45) is 0. The Labute approximate surface area is 178 Å². The zero-order valence-electron chi connectivity index (χ0n) is 16.8. The molecule has 4 rings (SSSR count). The number of para-hydroxylation sites is 4. The zero-order chi connectivity index (χ0) is 22.5. The summed E-state index contributed by atoms with van der Waals surface area (Å²) >= 11 is 0. The van der Waals surface area contributed by atoms with Crippen molar-refractivity contribution in [1.82, 2.24) is 0 Å². The van der Waals surface area contributed by atoms with E-state index in [1.165, 1.54) is 0 Å². The van der Waals surface area contributed by atoms with Gasteiger partial charge in [-0.2, -0.15) is 0 Å². The van der Waals surface area contributed by atoms with Crippen LogP contribution in [0.5, 0.6) is 23.0 Å². The number of rotatable bonds is 0. The molecule has 0 aromatic heterocycles. The maximum absolute atomic E-state index is 8.63. The van der Waals surface area contributed by atoms with Gasteiger partial charge in [0, 0.05) is 0 Å². The van der Waals surface area contributed by atoms with Crippen LogP contribution in [0.1, 0.15) is 0 Å². The van der Waals surface area contributed by atoms with Crippen LogP contribution in [0.2, 0.25) is 0 Å². The third-order valence-corrected chi connectivity index (χ3v) is 3.02. The Hall–Kier alpha value is -4.18. The molecule has 0 saturated carbocycles. The molecule has 0 aliphatic heterocycles. The lowest BCUT2D eigenvalue weighted by molar-refractivity contribution is 0.475. The minimum Gasteiger partial charge on any atom is -0.508 e. The number of phenolic OH excluding ortho intramolecular Hbond substituents is 4. The predicted octanol–water partition coefficient (Wildman–Crippen LogP) is 6.37. The van der Waals surface area contributed by atoms with Crippen molar-refractivity contribution in [3.8, 4) is 23.0 Å². The molecule has 0 amide bonds. The van der Waals surface area contributed by atoms with Gasteiger partial charge in [-0.1, -0.05) is 72.8 Å². The van der Waals surface area contributed by atoms with Crippen LogP contribution in [0.25, 0.3) is 0 Å². The maximum Gasteiger partial charge on any atom is 0.115 e. The third kappa shape index (κ3) is 16.0. The van der Waals surface area contributed by atoms with E-state index in [0.717, 1.165) is 0 Å². The van der Waals surface area contributed by atoms with E-state index < -0.39 is 0 Å². The van der Waals surface area contributed by atoms with Crippen molar-refractivity contribution in [3.05, 3.63) is 134 Å². The monoisotopic (exact) mass is 404 g/mol. The van der Waals surface area contributed by atoms with E-state index in [1.54, 1.807) is 97.1 Å². The van der Waals surface area contributed by atoms with Gasteiger partial charge in [-0.05, 0) is 48.5 Å². The van der Waals surface area contributed by atoms with Gasteiger partial charge in [-0.3, -0.25) is 0 Å². The van der Waals surface area contributed by atoms with Gasteiger partial charge in [-0.25, -0.2) is 0 Å². The van der Waals surface area contributed by atoms with E-state index in [9.17, 15) is 0 Å². The fourth-order valence-corrected chi connectivity index (χ4v) is 1.71. The molecule has 0 aliphatic rings. The second-order valence-electron chi connectivity index (χ2n) is 5.34. The average molecular weight is 405 g/mol. The van der Waals surface area contributed by atoms with Gasteiger partial charge in [0.1, 0.15) is 23.0 Å². The molecule has 0 fully saturated rings. The van der Waals surface area contributed by atoms with Crippen molar-refractivity contribution in [2.24, 2.45) is 0 Å². The molecule has 4 aromatic rings. The summed E-state index contributed by atoms with van der Waals surface area (Å²) in [5.41, 5.74) is 0. The highest BCUT2D eigenvalue weighted by Crippen LogP contribution is 2.04. The van der Waals surface area contributed by atoms with Crippen molar-refractivity contribution in [1.29, 1.82) is 0 Å². The Morgan fingerprint density at radius 1 is 0.300 bits per heavy atom. The van der Waals surface area contributed by atoms with E-state index in [0.29, 0.717) is 23.0 Å². The van der Waals surface area contributed by atoms with E-state index in [2.05, 4.69) is 13.2 Å². The topological polar surface area (TPSA) is 80.9 Å². The molecular weight excluding hydrogens is 376 g/mol. The van der Waals surface area contributed by atoms with Gasteiger partial charge in [0.25, 0.3) is 0 Å². The molecule has 0 bridgehead atoms. The summed E-state index contributed by atoms with van der Waals surface area (Å²) < 4.78 is 0. The largest absolute Gasteiger partial charge is 0.508 e. The van der Waals surface area contributed by atoms with Crippen molar-refractivity contribution in [2.75, 3.05) is 0 Å². The van der Waals surface area contributed by atoms with E-state index >= 15 is 0 Å². The number of aromatic hydroxyl groups is 4. The van der Waals surface area contributed by atoms with Crippen molar-refractivity contribution >= 4 is 0 Å². The van der Waals surface area contributed by atoms with Crippen molar-refractivity contribution in [2.45, 2.75) is 0 Å². The molecule has 156 valence electrons. The molecule has 30 heavy (non-hydrogen) atoms. The smallest absolute Gasteiger partial charge is 0.115 e. The highest BCUT2D eigenvalue weighted by Gasteiger charge is 1.76. The summed E-state index contributed by atoms with van der Waals surface area (Å²) in [5.74, 6) is 1.29. The van der Waals surface area contributed by atoms with E-state index in [1.807, 2.05) is 24.3 Å². The molecule has 0 atom stereocenters. The standard InChI is InChI=1S/4C6H6O.C2H4/c4*7-6-4-2-1-3-5-6;1-2/h4*1-5,7H;1-2H2. The SMILES string of the molecule is C=C.Oc1ccccc1.Oc1ccccc1.Oc1ccccc1.Oc1ccccc1. The van der Waals surface area contributed by atoms with E-state index in [-0.39, 0.29) is 0 Å². The molecular formula is C26H28O4. The van der Waals surface area contributed by atoms with Gasteiger partial charge in [0.05, 0.1) is 0 Å². The summed E-state index contributed by atoms with van der Waals surface area (Å²) in [7, 11) is 0. The van der Waals surface area contributed by atoms with Crippen LogP contribution < -0.4 is 0 Å². The van der Waals surface area contributed by atoms with Gasteiger partial charge in [0.15, 0.2) is 0 Å².